The van der Waals surface area contributed by atoms with Crippen LogP contribution in [0.3, 0.4) is 0 Å². The summed E-state index contributed by atoms with van der Waals surface area (Å²) in [5.41, 5.74) is 12.2. The smallest absolute Gasteiger partial charge is 0.0668 e. The molecular formula is C46H47N. The van der Waals surface area contributed by atoms with Crippen molar-refractivity contribution in [3.05, 3.63) is 179 Å². The fraction of sp³-hybridized carbons (Fsp3) is 0.196. The van der Waals surface area contributed by atoms with Gasteiger partial charge in [-0.25, -0.2) is 0 Å². The third-order valence-corrected chi connectivity index (χ3v) is 9.07. The molecule has 0 fully saturated rings. The summed E-state index contributed by atoms with van der Waals surface area (Å²) >= 11 is 0. The van der Waals surface area contributed by atoms with Gasteiger partial charge in [0.05, 0.1) is 5.70 Å². The minimum atomic E-state index is 0.332. The molecule has 0 spiro atoms. The van der Waals surface area contributed by atoms with E-state index >= 15 is 0 Å². The highest BCUT2D eigenvalue weighted by molar-refractivity contribution is 6.16. The van der Waals surface area contributed by atoms with Crippen LogP contribution in [0, 0.1) is 12.8 Å². The van der Waals surface area contributed by atoms with Crippen molar-refractivity contribution in [1.29, 1.82) is 0 Å². The van der Waals surface area contributed by atoms with E-state index in [1.807, 2.05) is 32.9 Å². The molecule has 1 nitrogen and oxygen atoms in total. The molecule has 0 amide bonds. The third kappa shape index (κ3) is 6.91. The molecule has 0 aromatic heterocycles. The molecule has 1 heteroatoms. The standard InChI is InChI=1S/C44H41N.C2H6/c1-6-9-11-20-37-31(5)36-21-14-15-22-39(36)44-40(37)26-25-38-30(4)35(29-41(38)44)24-23-32-27-42(33(16-7-2)17-8-3)45-43(28-32)34-18-12-10-13-19-34;1-2/h6-22,24-27,32H,2,4,23,28-29H2,1,3,5H3;1-2H3/b9-6-,17-8-,20-11-,33-16+,35-24-;. The number of benzene rings is 4. The molecule has 4 aromatic carbocycles. The van der Waals surface area contributed by atoms with Crippen molar-refractivity contribution in [2.24, 2.45) is 10.9 Å². The predicted octanol–water partition coefficient (Wildman–Crippen LogP) is 12.9. The van der Waals surface area contributed by atoms with Crippen molar-refractivity contribution in [1.82, 2.24) is 0 Å². The topological polar surface area (TPSA) is 12.4 Å². The van der Waals surface area contributed by atoms with Crippen LogP contribution in [0.15, 0.2) is 156 Å². The Kier molecular flexibility index (Phi) is 11.0. The lowest BCUT2D eigenvalue weighted by atomic mass is 9.88. The molecule has 6 rings (SSSR count). The van der Waals surface area contributed by atoms with E-state index in [-0.39, 0.29) is 0 Å². The molecule has 1 heterocycles. The second kappa shape index (κ2) is 15.5. The van der Waals surface area contributed by atoms with E-state index in [4.69, 9.17) is 4.99 Å². The first-order chi connectivity index (χ1) is 23.0. The summed E-state index contributed by atoms with van der Waals surface area (Å²) in [7, 11) is 0. The van der Waals surface area contributed by atoms with Gasteiger partial charge in [0.2, 0.25) is 0 Å². The van der Waals surface area contributed by atoms with Gasteiger partial charge in [-0.3, -0.25) is 4.99 Å². The van der Waals surface area contributed by atoms with E-state index in [0.29, 0.717) is 5.92 Å². The minimum Gasteiger partial charge on any atom is -0.253 e. The van der Waals surface area contributed by atoms with Crippen LogP contribution in [-0.2, 0) is 6.42 Å². The van der Waals surface area contributed by atoms with Gasteiger partial charge in [-0.15, -0.1) is 0 Å². The number of fused-ring (bicyclic) bond motifs is 5. The predicted molar refractivity (Wildman–Crippen MR) is 209 cm³/mol. The molecule has 0 N–H and O–H groups in total. The molecule has 4 aromatic rings. The van der Waals surface area contributed by atoms with Gasteiger partial charge in [0.1, 0.15) is 0 Å². The van der Waals surface area contributed by atoms with Gasteiger partial charge in [0.15, 0.2) is 0 Å². The summed E-state index contributed by atoms with van der Waals surface area (Å²) in [4.78, 5) is 5.13. The number of aryl methyl sites for hydroxylation is 1. The van der Waals surface area contributed by atoms with Crippen molar-refractivity contribution in [3.63, 3.8) is 0 Å². The van der Waals surface area contributed by atoms with Crippen molar-refractivity contribution >= 4 is 38.9 Å². The van der Waals surface area contributed by atoms with Crippen molar-refractivity contribution < 1.29 is 0 Å². The van der Waals surface area contributed by atoms with Gasteiger partial charge in [-0.1, -0.05) is 154 Å². The van der Waals surface area contributed by atoms with Crippen molar-refractivity contribution in [2.45, 2.75) is 53.9 Å². The van der Waals surface area contributed by atoms with E-state index in [1.165, 1.54) is 54.9 Å². The lowest BCUT2D eigenvalue weighted by Gasteiger charge is -2.21. The zero-order chi connectivity index (χ0) is 33.3. The van der Waals surface area contributed by atoms with Gasteiger partial charge in [0, 0.05) is 5.71 Å². The second-order valence-corrected chi connectivity index (χ2v) is 11.9. The Bertz CT molecular complexity index is 2020. The average molecular weight is 614 g/mol. The normalized spacial score (nSPS) is 17.5. The number of nitrogens with zero attached hydrogens (tertiary/aromatic N) is 1. The Morgan fingerprint density at radius 1 is 0.894 bits per heavy atom. The maximum absolute atomic E-state index is 5.13. The van der Waals surface area contributed by atoms with E-state index in [2.05, 4.69) is 142 Å². The van der Waals surface area contributed by atoms with E-state index < -0.39 is 0 Å². The van der Waals surface area contributed by atoms with E-state index in [0.717, 1.165) is 41.8 Å². The number of hydrogen-bond donors (Lipinski definition) is 0. The van der Waals surface area contributed by atoms with Gasteiger partial charge in [-0.2, -0.15) is 0 Å². The van der Waals surface area contributed by atoms with E-state index in [1.54, 1.807) is 0 Å². The van der Waals surface area contributed by atoms with Crippen LogP contribution in [0.5, 0.6) is 0 Å². The highest BCUT2D eigenvalue weighted by Crippen LogP contribution is 2.44. The van der Waals surface area contributed by atoms with Crippen LogP contribution in [-0.4, -0.2) is 5.71 Å². The Morgan fingerprint density at radius 3 is 2.36 bits per heavy atom. The summed E-state index contributed by atoms with van der Waals surface area (Å²) in [6.07, 6.45) is 24.2. The zero-order valence-electron chi connectivity index (χ0n) is 28.7. The molecule has 0 saturated carbocycles. The zero-order valence-corrected chi connectivity index (χ0v) is 28.7. The lowest BCUT2D eigenvalue weighted by molar-refractivity contribution is 0.676. The van der Waals surface area contributed by atoms with Gasteiger partial charge in [0.25, 0.3) is 0 Å². The fourth-order valence-corrected chi connectivity index (χ4v) is 6.88. The summed E-state index contributed by atoms with van der Waals surface area (Å²) in [6.45, 7) is 18.9. The number of rotatable bonds is 8. The van der Waals surface area contributed by atoms with Crippen LogP contribution in [0.2, 0.25) is 0 Å². The number of allylic oxidation sites excluding steroid dienone is 11. The summed E-state index contributed by atoms with van der Waals surface area (Å²) < 4.78 is 0. The maximum Gasteiger partial charge on any atom is 0.0668 e. The third-order valence-electron chi connectivity index (χ3n) is 9.07. The van der Waals surface area contributed by atoms with Crippen LogP contribution in [0.1, 0.15) is 68.4 Å². The van der Waals surface area contributed by atoms with Gasteiger partial charge >= 0.3 is 0 Å². The first kappa shape index (κ1) is 33.4. The van der Waals surface area contributed by atoms with E-state index in [9.17, 15) is 0 Å². The average Bonchev–Trinajstić information content (AvgIpc) is 3.44. The molecule has 236 valence electrons. The summed E-state index contributed by atoms with van der Waals surface area (Å²) in [5, 5.41) is 5.32. The fourth-order valence-electron chi connectivity index (χ4n) is 6.88. The van der Waals surface area contributed by atoms with Gasteiger partial charge < -0.3 is 0 Å². The Balaban J connectivity index is 0.00000213. The second-order valence-electron chi connectivity index (χ2n) is 11.9. The Labute approximate surface area is 282 Å². The maximum atomic E-state index is 5.13. The molecule has 1 aliphatic heterocycles. The molecular weight excluding hydrogens is 567 g/mol. The van der Waals surface area contributed by atoms with Crippen molar-refractivity contribution in [2.75, 3.05) is 0 Å². The molecule has 0 saturated heterocycles. The Hall–Kier alpha value is -5.01. The Morgan fingerprint density at radius 2 is 1.64 bits per heavy atom. The quantitative estimate of drug-likeness (QED) is 0.138. The first-order valence-corrected chi connectivity index (χ1v) is 17.0. The number of hydrogen-bond acceptors (Lipinski definition) is 1. The SMILES string of the molecule is C=C/C=C(\C=C/C)C1=CC(C/C=C2/Cc3c(ccc4c(/C=C\C=C/C)c(C)c5ccccc5c34)C2=C)CC(c2ccccc2)=N1.CC. The van der Waals surface area contributed by atoms with Crippen LogP contribution in [0.25, 0.3) is 33.2 Å². The molecule has 1 atom stereocenters. The van der Waals surface area contributed by atoms with Crippen LogP contribution < -0.4 is 0 Å². The number of aliphatic imine (C=N–C) groups is 1. The minimum absolute atomic E-state index is 0.332. The molecule has 2 aliphatic rings. The largest absolute Gasteiger partial charge is 0.253 e. The highest BCUT2D eigenvalue weighted by Gasteiger charge is 2.25. The highest BCUT2D eigenvalue weighted by atomic mass is 14.8. The monoisotopic (exact) mass is 613 g/mol. The molecule has 1 unspecified atom stereocenters. The van der Waals surface area contributed by atoms with Crippen LogP contribution >= 0.6 is 0 Å². The molecule has 1 aliphatic carbocycles. The molecule has 47 heavy (non-hydrogen) atoms. The van der Waals surface area contributed by atoms with Gasteiger partial charge in [-0.05, 0) is 112 Å². The summed E-state index contributed by atoms with van der Waals surface area (Å²) in [5.74, 6) is 0.332. The lowest BCUT2D eigenvalue weighted by Crippen LogP contribution is -2.14. The summed E-state index contributed by atoms with van der Waals surface area (Å²) in [6, 6.07) is 24.0. The molecule has 0 bridgehead atoms. The van der Waals surface area contributed by atoms with Crippen molar-refractivity contribution in [3.8, 4) is 0 Å². The van der Waals surface area contributed by atoms with Crippen LogP contribution in [0.4, 0.5) is 0 Å². The molecule has 0 radical (unpaired) electrons. The first-order valence-electron chi connectivity index (χ1n) is 17.0.